The molecule has 0 aromatic carbocycles. The van der Waals surface area contributed by atoms with Gasteiger partial charge in [-0.25, -0.2) is 0 Å². The maximum absolute atomic E-state index is 10.7. The molecule has 1 unspecified atom stereocenters. The third-order valence-corrected chi connectivity index (χ3v) is 1.96. The third-order valence-electron chi connectivity index (χ3n) is 1.96. The largest absolute Gasteiger partial charge is 0.481 e. The van der Waals surface area contributed by atoms with Gasteiger partial charge in [0, 0.05) is 6.42 Å². The molecule has 0 fully saturated rings. The number of carboxylic acids is 2. The zero-order valence-corrected chi connectivity index (χ0v) is 8.91. The van der Waals surface area contributed by atoms with Crippen molar-refractivity contribution in [3.05, 3.63) is 0 Å². The SMILES string of the molecule is CC(CC(=O)O)CC(C)(C)C(=O)O.N. The van der Waals surface area contributed by atoms with Crippen molar-refractivity contribution in [1.82, 2.24) is 6.15 Å². The molecule has 0 bridgehead atoms. The van der Waals surface area contributed by atoms with Crippen molar-refractivity contribution in [1.29, 1.82) is 0 Å². The van der Waals surface area contributed by atoms with Gasteiger partial charge < -0.3 is 16.4 Å². The lowest BCUT2D eigenvalue weighted by Crippen LogP contribution is -2.26. The van der Waals surface area contributed by atoms with Crippen molar-refractivity contribution < 1.29 is 19.8 Å². The van der Waals surface area contributed by atoms with Crippen LogP contribution in [0.4, 0.5) is 0 Å². The van der Waals surface area contributed by atoms with Gasteiger partial charge in [-0.05, 0) is 26.2 Å². The molecule has 0 aliphatic rings. The van der Waals surface area contributed by atoms with E-state index in [2.05, 4.69) is 0 Å². The van der Waals surface area contributed by atoms with Crippen molar-refractivity contribution >= 4 is 11.9 Å². The monoisotopic (exact) mass is 205 g/mol. The molecule has 5 N–H and O–H groups in total. The molecule has 84 valence electrons. The van der Waals surface area contributed by atoms with Gasteiger partial charge in [0.2, 0.25) is 0 Å². The fourth-order valence-electron chi connectivity index (χ4n) is 1.33. The van der Waals surface area contributed by atoms with Crippen LogP contribution in [-0.4, -0.2) is 22.2 Å². The molecule has 5 nitrogen and oxygen atoms in total. The van der Waals surface area contributed by atoms with Crippen LogP contribution in [0.15, 0.2) is 0 Å². The van der Waals surface area contributed by atoms with Crippen LogP contribution in [-0.2, 0) is 9.59 Å². The van der Waals surface area contributed by atoms with Crippen LogP contribution in [0.2, 0.25) is 0 Å². The van der Waals surface area contributed by atoms with Gasteiger partial charge in [-0.2, -0.15) is 0 Å². The summed E-state index contributed by atoms with van der Waals surface area (Å²) in [4.78, 5) is 21.0. The van der Waals surface area contributed by atoms with E-state index in [1.54, 1.807) is 20.8 Å². The van der Waals surface area contributed by atoms with E-state index in [-0.39, 0.29) is 18.5 Å². The van der Waals surface area contributed by atoms with Crippen molar-refractivity contribution in [3.63, 3.8) is 0 Å². The van der Waals surface area contributed by atoms with E-state index in [0.717, 1.165) is 0 Å². The molecule has 14 heavy (non-hydrogen) atoms. The van der Waals surface area contributed by atoms with Crippen LogP contribution in [0.3, 0.4) is 0 Å². The summed E-state index contributed by atoms with van der Waals surface area (Å²) < 4.78 is 0. The molecule has 0 saturated carbocycles. The predicted octanol–water partition coefficient (Wildman–Crippen LogP) is 1.76. The molecular weight excluding hydrogens is 186 g/mol. The number of hydrogen-bond donors (Lipinski definition) is 3. The van der Waals surface area contributed by atoms with Crippen LogP contribution >= 0.6 is 0 Å². The highest BCUT2D eigenvalue weighted by molar-refractivity contribution is 5.73. The van der Waals surface area contributed by atoms with E-state index in [0.29, 0.717) is 6.42 Å². The minimum atomic E-state index is -0.885. The molecule has 0 aliphatic heterocycles. The summed E-state index contributed by atoms with van der Waals surface area (Å²) in [5.41, 5.74) is -0.838. The Morgan fingerprint density at radius 2 is 1.71 bits per heavy atom. The zero-order chi connectivity index (χ0) is 10.6. The topological polar surface area (TPSA) is 110 Å². The van der Waals surface area contributed by atoms with Gasteiger partial charge in [-0.3, -0.25) is 9.59 Å². The Labute approximate surface area is 83.7 Å². The lowest BCUT2D eigenvalue weighted by molar-refractivity contribution is -0.149. The highest BCUT2D eigenvalue weighted by atomic mass is 16.4. The van der Waals surface area contributed by atoms with Crippen molar-refractivity contribution in [2.45, 2.75) is 33.6 Å². The maximum atomic E-state index is 10.7. The quantitative estimate of drug-likeness (QED) is 0.633. The Bertz CT molecular complexity index is 213. The predicted molar refractivity (Wildman–Crippen MR) is 52.5 cm³/mol. The summed E-state index contributed by atoms with van der Waals surface area (Å²) in [5.74, 6) is -1.87. The van der Waals surface area contributed by atoms with E-state index in [1.165, 1.54) is 0 Å². The Kier molecular flexibility index (Phi) is 6.14. The summed E-state index contributed by atoms with van der Waals surface area (Å²) in [5, 5.41) is 17.2. The van der Waals surface area contributed by atoms with Gasteiger partial charge in [-0.15, -0.1) is 0 Å². The zero-order valence-electron chi connectivity index (χ0n) is 8.91. The fourth-order valence-corrected chi connectivity index (χ4v) is 1.33. The molecule has 0 aromatic rings. The Balaban J connectivity index is 0. The first-order valence-corrected chi connectivity index (χ1v) is 4.21. The minimum absolute atomic E-state index is 0. The minimum Gasteiger partial charge on any atom is -0.481 e. The number of aliphatic carboxylic acids is 2. The second kappa shape index (κ2) is 5.59. The van der Waals surface area contributed by atoms with E-state index in [9.17, 15) is 9.59 Å². The van der Waals surface area contributed by atoms with Crippen LogP contribution in [0.25, 0.3) is 0 Å². The smallest absolute Gasteiger partial charge is 0.309 e. The number of carbonyl (C=O) groups is 2. The van der Waals surface area contributed by atoms with Crippen LogP contribution in [0, 0.1) is 11.3 Å². The normalized spacial score (nSPS) is 12.8. The van der Waals surface area contributed by atoms with Crippen molar-refractivity contribution in [3.8, 4) is 0 Å². The Hall–Kier alpha value is -1.10. The number of carboxylic acid groups (broad SMARTS) is 2. The standard InChI is InChI=1S/C9H16O4.H3N/c1-6(4-7(10)11)5-9(2,3)8(12)13;/h6H,4-5H2,1-3H3,(H,10,11)(H,12,13);1H3. The van der Waals surface area contributed by atoms with E-state index < -0.39 is 17.4 Å². The fraction of sp³-hybridized carbons (Fsp3) is 0.778. The summed E-state index contributed by atoms with van der Waals surface area (Å²) in [6.07, 6.45) is 0.408. The summed E-state index contributed by atoms with van der Waals surface area (Å²) in [7, 11) is 0. The molecule has 0 aromatic heterocycles. The molecule has 0 aliphatic carbocycles. The van der Waals surface area contributed by atoms with Gasteiger partial charge in [0.05, 0.1) is 5.41 Å². The highest BCUT2D eigenvalue weighted by Gasteiger charge is 2.29. The lowest BCUT2D eigenvalue weighted by atomic mass is 9.82. The maximum Gasteiger partial charge on any atom is 0.309 e. The van der Waals surface area contributed by atoms with Gasteiger partial charge in [0.15, 0.2) is 0 Å². The molecule has 0 spiro atoms. The first-order chi connectivity index (χ1) is 5.75. The van der Waals surface area contributed by atoms with Crippen molar-refractivity contribution in [2.24, 2.45) is 11.3 Å². The van der Waals surface area contributed by atoms with Crippen LogP contribution in [0.5, 0.6) is 0 Å². The summed E-state index contributed by atoms with van der Waals surface area (Å²) in [6, 6.07) is 0. The molecule has 0 rings (SSSR count). The van der Waals surface area contributed by atoms with Crippen LogP contribution in [0.1, 0.15) is 33.6 Å². The molecule has 1 atom stereocenters. The first-order valence-electron chi connectivity index (χ1n) is 4.21. The first kappa shape index (κ1) is 15.4. The van der Waals surface area contributed by atoms with E-state index >= 15 is 0 Å². The number of rotatable bonds is 5. The van der Waals surface area contributed by atoms with Crippen molar-refractivity contribution in [2.75, 3.05) is 0 Å². The molecule has 0 heterocycles. The summed E-state index contributed by atoms with van der Waals surface area (Å²) in [6.45, 7) is 4.96. The van der Waals surface area contributed by atoms with Gasteiger partial charge in [-0.1, -0.05) is 6.92 Å². The second-order valence-electron chi connectivity index (χ2n) is 4.10. The van der Waals surface area contributed by atoms with E-state index in [4.69, 9.17) is 10.2 Å². The molecule has 0 radical (unpaired) electrons. The third kappa shape index (κ3) is 5.53. The summed E-state index contributed by atoms with van der Waals surface area (Å²) >= 11 is 0. The van der Waals surface area contributed by atoms with Gasteiger partial charge in [0.1, 0.15) is 0 Å². The number of hydrogen-bond acceptors (Lipinski definition) is 3. The van der Waals surface area contributed by atoms with Gasteiger partial charge in [0.25, 0.3) is 0 Å². The molecule has 0 amide bonds. The highest BCUT2D eigenvalue weighted by Crippen LogP contribution is 2.27. The second-order valence-corrected chi connectivity index (χ2v) is 4.10. The molecule has 0 saturated heterocycles. The Morgan fingerprint density at radius 1 is 1.29 bits per heavy atom. The molecular formula is C9H19NO4. The van der Waals surface area contributed by atoms with Crippen LogP contribution < -0.4 is 6.15 Å². The Morgan fingerprint density at radius 3 is 2.00 bits per heavy atom. The lowest BCUT2D eigenvalue weighted by Gasteiger charge is -2.22. The average molecular weight is 205 g/mol. The van der Waals surface area contributed by atoms with E-state index in [1.807, 2.05) is 0 Å². The molecule has 5 heteroatoms. The average Bonchev–Trinajstić information content (AvgIpc) is 1.82. The van der Waals surface area contributed by atoms with Gasteiger partial charge >= 0.3 is 11.9 Å².